The van der Waals surface area contributed by atoms with E-state index in [1.165, 1.54) is 0 Å². The zero-order valence-electron chi connectivity index (χ0n) is 11.5. The fourth-order valence-electron chi connectivity index (χ4n) is 2.52. The number of nitrogens with one attached hydrogen (secondary N) is 1. The van der Waals surface area contributed by atoms with E-state index in [1.54, 1.807) is 0 Å². The molecule has 2 unspecified atom stereocenters. The Bertz CT molecular complexity index is 373. The molecule has 0 radical (unpaired) electrons. The largest absolute Gasteiger partial charge is 0.385 e. The van der Waals surface area contributed by atoms with Crippen molar-refractivity contribution >= 4 is 5.69 Å². The molecule has 0 spiro atoms. The van der Waals surface area contributed by atoms with Crippen LogP contribution in [-0.4, -0.2) is 41.7 Å². The van der Waals surface area contributed by atoms with Crippen molar-refractivity contribution in [2.45, 2.75) is 39.5 Å². The monoisotopic (exact) mass is 249 g/mol. The van der Waals surface area contributed by atoms with Gasteiger partial charge in [0, 0.05) is 38.1 Å². The van der Waals surface area contributed by atoms with Crippen LogP contribution in [0.4, 0.5) is 5.69 Å². The first-order valence-corrected chi connectivity index (χ1v) is 6.74. The van der Waals surface area contributed by atoms with Crippen LogP contribution in [0.3, 0.4) is 0 Å². The number of rotatable bonds is 4. The third-order valence-corrected chi connectivity index (χ3v) is 3.08. The molecular weight excluding hydrogens is 226 g/mol. The highest BCUT2D eigenvalue weighted by molar-refractivity contribution is 5.42. The van der Waals surface area contributed by atoms with Gasteiger partial charge >= 0.3 is 0 Å². The Labute approximate surface area is 109 Å². The Morgan fingerprint density at radius 1 is 1.39 bits per heavy atom. The standard InChI is InChI=1S/C14H23N3O/c1-4-15-13-5-6-16-14(7-13)10-17-8-11(2)18-12(3)9-17/h5-7,11-12H,4,8-10H2,1-3H3,(H,15,16). The van der Waals surface area contributed by atoms with Gasteiger partial charge in [0.25, 0.3) is 0 Å². The minimum atomic E-state index is 0.311. The third-order valence-electron chi connectivity index (χ3n) is 3.08. The second-order valence-electron chi connectivity index (χ2n) is 5.02. The fourth-order valence-corrected chi connectivity index (χ4v) is 2.52. The first kappa shape index (κ1) is 13.3. The summed E-state index contributed by atoms with van der Waals surface area (Å²) in [5.74, 6) is 0. The summed E-state index contributed by atoms with van der Waals surface area (Å²) in [4.78, 5) is 6.86. The van der Waals surface area contributed by atoms with Gasteiger partial charge in [0.2, 0.25) is 0 Å². The Morgan fingerprint density at radius 3 is 2.78 bits per heavy atom. The van der Waals surface area contributed by atoms with Gasteiger partial charge in [-0.3, -0.25) is 9.88 Å². The van der Waals surface area contributed by atoms with Crippen molar-refractivity contribution in [3.8, 4) is 0 Å². The first-order chi connectivity index (χ1) is 8.67. The maximum Gasteiger partial charge on any atom is 0.0678 e. The van der Waals surface area contributed by atoms with E-state index in [0.29, 0.717) is 12.2 Å². The van der Waals surface area contributed by atoms with Gasteiger partial charge in [-0.25, -0.2) is 0 Å². The van der Waals surface area contributed by atoms with Crippen molar-refractivity contribution in [3.63, 3.8) is 0 Å². The molecule has 0 bridgehead atoms. The average Bonchev–Trinajstić information content (AvgIpc) is 2.28. The zero-order chi connectivity index (χ0) is 13.0. The molecule has 1 aliphatic rings. The van der Waals surface area contributed by atoms with Crippen molar-refractivity contribution < 1.29 is 4.74 Å². The van der Waals surface area contributed by atoms with E-state index in [9.17, 15) is 0 Å². The number of morpholine rings is 1. The highest BCUT2D eigenvalue weighted by Gasteiger charge is 2.22. The molecule has 0 saturated carbocycles. The number of nitrogens with zero attached hydrogens (tertiary/aromatic N) is 2. The van der Waals surface area contributed by atoms with Gasteiger partial charge in [0.1, 0.15) is 0 Å². The van der Waals surface area contributed by atoms with E-state index in [0.717, 1.165) is 37.6 Å². The third kappa shape index (κ3) is 3.68. The summed E-state index contributed by atoms with van der Waals surface area (Å²) < 4.78 is 5.74. The van der Waals surface area contributed by atoms with Gasteiger partial charge in [-0.2, -0.15) is 0 Å². The Hall–Kier alpha value is -1.13. The number of hydrogen-bond donors (Lipinski definition) is 1. The summed E-state index contributed by atoms with van der Waals surface area (Å²) in [5.41, 5.74) is 2.27. The minimum absolute atomic E-state index is 0.311. The van der Waals surface area contributed by atoms with Gasteiger partial charge in [-0.15, -0.1) is 0 Å². The first-order valence-electron chi connectivity index (χ1n) is 6.74. The molecule has 1 aromatic heterocycles. The Balaban J connectivity index is 1.97. The smallest absolute Gasteiger partial charge is 0.0678 e. The van der Waals surface area contributed by atoms with Crippen molar-refractivity contribution in [1.29, 1.82) is 0 Å². The summed E-state index contributed by atoms with van der Waals surface area (Å²) in [5, 5.41) is 3.32. The molecule has 2 atom stereocenters. The highest BCUT2D eigenvalue weighted by Crippen LogP contribution is 2.15. The van der Waals surface area contributed by atoms with E-state index in [2.05, 4.69) is 42.0 Å². The van der Waals surface area contributed by atoms with Crippen molar-refractivity contribution in [2.24, 2.45) is 0 Å². The number of hydrogen-bond acceptors (Lipinski definition) is 4. The lowest BCUT2D eigenvalue weighted by molar-refractivity contribution is -0.0707. The van der Waals surface area contributed by atoms with E-state index >= 15 is 0 Å². The summed E-state index contributed by atoms with van der Waals surface area (Å²) in [6.45, 7) is 10.2. The summed E-state index contributed by atoms with van der Waals surface area (Å²) in [6, 6.07) is 4.14. The topological polar surface area (TPSA) is 37.4 Å². The van der Waals surface area contributed by atoms with Crippen LogP contribution in [0.15, 0.2) is 18.3 Å². The van der Waals surface area contributed by atoms with Gasteiger partial charge < -0.3 is 10.1 Å². The van der Waals surface area contributed by atoms with E-state index < -0.39 is 0 Å². The molecule has 0 aliphatic carbocycles. The van der Waals surface area contributed by atoms with Gasteiger partial charge in [-0.1, -0.05) is 0 Å². The van der Waals surface area contributed by atoms with Crippen molar-refractivity contribution in [3.05, 3.63) is 24.0 Å². The molecule has 1 saturated heterocycles. The molecule has 100 valence electrons. The van der Waals surface area contributed by atoms with E-state index in [-0.39, 0.29) is 0 Å². The molecule has 18 heavy (non-hydrogen) atoms. The molecule has 1 aromatic rings. The highest BCUT2D eigenvalue weighted by atomic mass is 16.5. The molecule has 1 fully saturated rings. The maximum absolute atomic E-state index is 5.74. The van der Waals surface area contributed by atoms with Crippen LogP contribution < -0.4 is 5.32 Å². The summed E-state index contributed by atoms with van der Waals surface area (Å²) in [6.07, 6.45) is 2.50. The quantitative estimate of drug-likeness (QED) is 0.887. The SMILES string of the molecule is CCNc1ccnc(CN2CC(C)OC(C)C2)c1. The maximum atomic E-state index is 5.74. The van der Waals surface area contributed by atoms with E-state index in [4.69, 9.17) is 4.74 Å². The van der Waals surface area contributed by atoms with Gasteiger partial charge in [-0.05, 0) is 32.9 Å². The van der Waals surface area contributed by atoms with Crippen LogP contribution in [0.25, 0.3) is 0 Å². The Kier molecular flexibility index (Phi) is 4.55. The second kappa shape index (κ2) is 6.16. The molecule has 2 heterocycles. The van der Waals surface area contributed by atoms with Crippen LogP contribution in [0.1, 0.15) is 26.5 Å². The molecule has 4 heteroatoms. The fraction of sp³-hybridized carbons (Fsp3) is 0.643. The molecule has 0 amide bonds. The predicted octanol–water partition coefficient (Wildman–Crippen LogP) is 2.12. The van der Waals surface area contributed by atoms with Crippen LogP contribution in [0, 0.1) is 0 Å². The Morgan fingerprint density at radius 2 is 2.11 bits per heavy atom. The van der Waals surface area contributed by atoms with Crippen LogP contribution in [-0.2, 0) is 11.3 Å². The van der Waals surface area contributed by atoms with Crippen molar-refractivity contribution in [2.75, 3.05) is 25.0 Å². The van der Waals surface area contributed by atoms with Crippen molar-refractivity contribution in [1.82, 2.24) is 9.88 Å². The predicted molar refractivity (Wildman–Crippen MR) is 73.7 cm³/mol. The molecule has 0 aromatic carbocycles. The number of ether oxygens (including phenoxy) is 1. The minimum Gasteiger partial charge on any atom is -0.385 e. The lowest BCUT2D eigenvalue weighted by Crippen LogP contribution is -2.44. The zero-order valence-corrected chi connectivity index (χ0v) is 11.5. The number of aromatic nitrogens is 1. The molecule has 1 N–H and O–H groups in total. The van der Waals surface area contributed by atoms with Crippen LogP contribution in [0.5, 0.6) is 0 Å². The number of anilines is 1. The van der Waals surface area contributed by atoms with Crippen LogP contribution >= 0.6 is 0 Å². The van der Waals surface area contributed by atoms with Gasteiger partial charge in [0.05, 0.1) is 17.9 Å². The van der Waals surface area contributed by atoms with Crippen LogP contribution in [0.2, 0.25) is 0 Å². The second-order valence-corrected chi connectivity index (χ2v) is 5.02. The summed E-state index contributed by atoms with van der Waals surface area (Å²) >= 11 is 0. The lowest BCUT2D eigenvalue weighted by Gasteiger charge is -2.35. The average molecular weight is 249 g/mol. The molecular formula is C14H23N3O. The number of pyridine rings is 1. The lowest BCUT2D eigenvalue weighted by atomic mass is 10.2. The summed E-state index contributed by atoms with van der Waals surface area (Å²) in [7, 11) is 0. The molecule has 2 rings (SSSR count). The van der Waals surface area contributed by atoms with Gasteiger partial charge in [0.15, 0.2) is 0 Å². The van der Waals surface area contributed by atoms with E-state index in [1.807, 2.05) is 12.3 Å². The molecule has 4 nitrogen and oxygen atoms in total. The normalized spacial score (nSPS) is 25.1. The molecule has 1 aliphatic heterocycles.